The first-order valence-electron chi connectivity index (χ1n) is 10.9. The number of carbonyl (C=O) groups excluding carboxylic acids is 1. The number of fused-ring (bicyclic) bond motifs is 1. The molecule has 0 radical (unpaired) electrons. The van der Waals surface area contributed by atoms with Gasteiger partial charge in [-0.3, -0.25) is 9.78 Å². The molecule has 1 unspecified atom stereocenters. The highest BCUT2D eigenvalue weighted by Crippen LogP contribution is 2.33. The van der Waals surface area contributed by atoms with Crippen molar-refractivity contribution >= 4 is 38.6 Å². The number of aromatic nitrogens is 1. The molecular weight excluding hydrogens is 466 g/mol. The number of rotatable bonds is 6. The third kappa shape index (κ3) is 4.32. The highest BCUT2D eigenvalue weighted by molar-refractivity contribution is 8.02. The molecule has 4 aromatic rings. The SMILES string of the molecule is O=C(NC(c1ccccc1)c1ccccc1)C1SCCN1S(=O)(=O)c1cccc2cccnc12. The number of sulfonamides is 1. The van der Waals surface area contributed by atoms with E-state index in [1.165, 1.54) is 16.1 Å². The van der Waals surface area contributed by atoms with Gasteiger partial charge in [0.1, 0.15) is 10.3 Å². The number of thioether (sulfide) groups is 1. The molecule has 1 saturated heterocycles. The molecule has 0 bridgehead atoms. The molecule has 2 heterocycles. The molecule has 6 nitrogen and oxygen atoms in total. The predicted molar refractivity (Wildman–Crippen MR) is 135 cm³/mol. The van der Waals surface area contributed by atoms with Crippen LogP contribution in [0.25, 0.3) is 10.9 Å². The maximum Gasteiger partial charge on any atom is 0.249 e. The van der Waals surface area contributed by atoms with Crippen molar-refractivity contribution in [2.24, 2.45) is 0 Å². The van der Waals surface area contributed by atoms with Crippen molar-refractivity contribution < 1.29 is 13.2 Å². The Kier molecular flexibility index (Phi) is 6.36. The van der Waals surface area contributed by atoms with Crippen LogP contribution in [0.1, 0.15) is 17.2 Å². The minimum Gasteiger partial charge on any atom is -0.343 e. The minimum atomic E-state index is -3.94. The van der Waals surface area contributed by atoms with Gasteiger partial charge in [0.05, 0.1) is 11.6 Å². The van der Waals surface area contributed by atoms with E-state index >= 15 is 0 Å². The van der Waals surface area contributed by atoms with E-state index in [1.54, 1.807) is 24.4 Å². The molecule has 34 heavy (non-hydrogen) atoms. The van der Waals surface area contributed by atoms with Crippen LogP contribution in [0, 0.1) is 0 Å². The molecule has 1 atom stereocenters. The molecular formula is C26H23N3O3S2. The summed E-state index contributed by atoms with van der Waals surface area (Å²) >= 11 is 1.33. The van der Waals surface area contributed by atoms with E-state index in [0.29, 0.717) is 11.3 Å². The fourth-order valence-corrected chi connectivity index (χ4v) is 7.43. The number of amides is 1. The highest BCUT2D eigenvalue weighted by Gasteiger charge is 2.41. The number of benzene rings is 3. The minimum absolute atomic E-state index is 0.119. The van der Waals surface area contributed by atoms with Crippen LogP contribution in [0.15, 0.2) is 102 Å². The summed E-state index contributed by atoms with van der Waals surface area (Å²) in [6.45, 7) is 0.260. The summed E-state index contributed by atoms with van der Waals surface area (Å²) in [5.74, 6) is 0.202. The van der Waals surface area contributed by atoms with Crippen LogP contribution in [0.3, 0.4) is 0 Å². The summed E-state index contributed by atoms with van der Waals surface area (Å²) in [5, 5.41) is 2.98. The fourth-order valence-electron chi connectivity index (χ4n) is 4.18. The summed E-state index contributed by atoms with van der Waals surface area (Å²) in [6, 6.07) is 27.7. The summed E-state index contributed by atoms with van der Waals surface area (Å²) < 4.78 is 28.7. The van der Waals surface area contributed by atoms with Gasteiger partial charge in [0.25, 0.3) is 0 Å². The van der Waals surface area contributed by atoms with Crippen molar-refractivity contribution in [1.29, 1.82) is 0 Å². The molecule has 1 aromatic heterocycles. The van der Waals surface area contributed by atoms with Gasteiger partial charge in [-0.2, -0.15) is 4.31 Å². The fraction of sp³-hybridized carbons (Fsp3) is 0.154. The molecule has 0 saturated carbocycles. The van der Waals surface area contributed by atoms with Gasteiger partial charge in [-0.05, 0) is 23.3 Å². The number of nitrogens with one attached hydrogen (secondary N) is 1. The third-order valence-electron chi connectivity index (χ3n) is 5.81. The second-order valence-corrected chi connectivity index (χ2v) is 11.0. The van der Waals surface area contributed by atoms with Gasteiger partial charge in [-0.1, -0.05) is 78.9 Å². The molecule has 0 spiro atoms. The molecule has 5 rings (SSSR count). The van der Waals surface area contributed by atoms with Gasteiger partial charge in [-0.15, -0.1) is 11.8 Å². The lowest BCUT2D eigenvalue weighted by atomic mass is 9.99. The lowest BCUT2D eigenvalue weighted by Gasteiger charge is -2.26. The number of pyridine rings is 1. The Morgan fingerprint density at radius 3 is 2.24 bits per heavy atom. The smallest absolute Gasteiger partial charge is 0.249 e. The standard InChI is InChI=1S/C26H23N3O3S2/c30-25(28-23(19-9-3-1-4-10-19)20-11-5-2-6-12-20)26-29(17-18-33-26)34(31,32)22-15-7-13-21-14-8-16-27-24(21)22/h1-16,23,26H,17-18H2,(H,28,30). The number of carbonyl (C=O) groups is 1. The van der Waals surface area contributed by atoms with E-state index < -0.39 is 15.4 Å². The number of hydrogen-bond donors (Lipinski definition) is 1. The van der Waals surface area contributed by atoms with Crippen LogP contribution in [0.5, 0.6) is 0 Å². The van der Waals surface area contributed by atoms with Crippen LogP contribution in [0.2, 0.25) is 0 Å². The van der Waals surface area contributed by atoms with Crippen molar-refractivity contribution in [2.75, 3.05) is 12.3 Å². The second-order valence-electron chi connectivity index (χ2n) is 7.93. The van der Waals surface area contributed by atoms with Gasteiger partial charge in [0.2, 0.25) is 15.9 Å². The van der Waals surface area contributed by atoms with Crippen molar-refractivity contribution in [3.8, 4) is 0 Å². The maximum atomic E-state index is 13.7. The summed E-state index contributed by atoms with van der Waals surface area (Å²) in [5.41, 5.74) is 2.27. The topological polar surface area (TPSA) is 79.4 Å². The Balaban J connectivity index is 1.46. The van der Waals surface area contributed by atoms with E-state index in [1.807, 2.05) is 72.8 Å². The van der Waals surface area contributed by atoms with Gasteiger partial charge in [-0.25, -0.2) is 8.42 Å². The van der Waals surface area contributed by atoms with Crippen LogP contribution >= 0.6 is 11.8 Å². The van der Waals surface area contributed by atoms with E-state index in [-0.39, 0.29) is 23.4 Å². The average molecular weight is 490 g/mol. The lowest BCUT2D eigenvalue weighted by molar-refractivity contribution is -0.122. The van der Waals surface area contributed by atoms with Crippen LogP contribution in [0.4, 0.5) is 0 Å². The maximum absolute atomic E-state index is 13.7. The van der Waals surface area contributed by atoms with Crippen molar-refractivity contribution in [3.05, 3.63) is 108 Å². The molecule has 1 aliphatic rings. The Morgan fingerprint density at radius 2 is 1.56 bits per heavy atom. The van der Waals surface area contributed by atoms with Crippen molar-refractivity contribution in [3.63, 3.8) is 0 Å². The van der Waals surface area contributed by atoms with Crippen LogP contribution in [-0.4, -0.2) is 41.3 Å². The third-order valence-corrected chi connectivity index (χ3v) is 9.04. The van der Waals surface area contributed by atoms with Gasteiger partial charge < -0.3 is 5.32 Å². The van der Waals surface area contributed by atoms with Gasteiger partial charge >= 0.3 is 0 Å². The number of nitrogens with zero attached hydrogens (tertiary/aromatic N) is 2. The first kappa shape index (κ1) is 22.6. The largest absolute Gasteiger partial charge is 0.343 e. The quantitative estimate of drug-likeness (QED) is 0.439. The molecule has 1 amide bonds. The van der Waals surface area contributed by atoms with E-state index in [2.05, 4.69) is 10.3 Å². The molecule has 3 aromatic carbocycles. The normalized spacial score (nSPS) is 16.7. The Bertz CT molecular complexity index is 1370. The van der Waals surface area contributed by atoms with Crippen molar-refractivity contribution in [2.45, 2.75) is 16.3 Å². The Hall–Kier alpha value is -3.20. The van der Waals surface area contributed by atoms with Gasteiger partial charge in [0, 0.05) is 23.9 Å². The zero-order chi connectivity index (χ0) is 23.5. The number of para-hydroxylation sites is 1. The van der Waals surface area contributed by atoms with E-state index in [4.69, 9.17) is 0 Å². The summed E-state index contributed by atoms with van der Waals surface area (Å²) in [7, 11) is -3.94. The van der Waals surface area contributed by atoms with Crippen molar-refractivity contribution in [1.82, 2.24) is 14.6 Å². The molecule has 1 fully saturated rings. The second kappa shape index (κ2) is 9.58. The molecule has 1 N–H and O–H groups in total. The summed E-state index contributed by atoms with van der Waals surface area (Å²) in [4.78, 5) is 17.9. The molecule has 1 aliphatic heterocycles. The molecule has 172 valence electrons. The average Bonchev–Trinajstić information content (AvgIpc) is 3.39. The Labute approximate surface area is 203 Å². The Morgan fingerprint density at radius 1 is 0.912 bits per heavy atom. The van der Waals surface area contributed by atoms with E-state index in [0.717, 1.165) is 16.5 Å². The lowest BCUT2D eigenvalue weighted by Crippen LogP contribution is -2.45. The van der Waals surface area contributed by atoms with Crippen LogP contribution < -0.4 is 5.32 Å². The first-order valence-corrected chi connectivity index (χ1v) is 13.4. The highest BCUT2D eigenvalue weighted by atomic mass is 32.2. The zero-order valence-electron chi connectivity index (χ0n) is 18.2. The zero-order valence-corrected chi connectivity index (χ0v) is 19.9. The van der Waals surface area contributed by atoms with Gasteiger partial charge in [0.15, 0.2) is 0 Å². The predicted octanol–water partition coefficient (Wildman–Crippen LogP) is 4.20. The van der Waals surface area contributed by atoms with E-state index in [9.17, 15) is 13.2 Å². The number of hydrogen-bond acceptors (Lipinski definition) is 5. The molecule has 8 heteroatoms. The van der Waals surface area contributed by atoms with Crippen LogP contribution in [-0.2, 0) is 14.8 Å². The summed E-state index contributed by atoms with van der Waals surface area (Å²) in [6.07, 6.45) is 1.58. The monoisotopic (exact) mass is 489 g/mol. The molecule has 0 aliphatic carbocycles. The first-order chi connectivity index (χ1) is 16.6.